The van der Waals surface area contributed by atoms with Crippen LogP contribution in [0, 0.1) is 28.6 Å². The Morgan fingerprint density at radius 1 is 1.22 bits per heavy atom. The van der Waals surface area contributed by atoms with Crippen LogP contribution in [0.15, 0.2) is 35.5 Å². The second-order valence-electron chi connectivity index (χ2n) is 8.51. The molecule has 0 heterocycles. The van der Waals surface area contributed by atoms with E-state index in [0.29, 0.717) is 12.3 Å². The molecule has 0 saturated heterocycles. The first-order chi connectivity index (χ1) is 10.8. The average Bonchev–Trinajstić information content (AvgIpc) is 2.76. The Hall–Kier alpha value is -1.19. The van der Waals surface area contributed by atoms with E-state index in [4.69, 9.17) is 0 Å². The molecule has 2 saturated carbocycles. The number of hydrogen-bond acceptors (Lipinski definition) is 3. The van der Waals surface area contributed by atoms with Crippen molar-refractivity contribution in [3.63, 3.8) is 0 Å². The molecular weight excluding hydrogens is 288 g/mol. The summed E-state index contributed by atoms with van der Waals surface area (Å²) in [5.41, 5.74) is 1.74. The van der Waals surface area contributed by atoms with E-state index in [9.17, 15) is 15.0 Å². The standard InChI is InChI=1S/C20H26O3/c1-11-8-13-14-4-5-17(23)20(14,3)10-16(22)18(13)19(2)7-6-12(21)9-15(11)19/h6-9,13-14,16-18,22-23H,4-5,10H2,1-3H3/t13-,14-,16-,17-,18+,19-,20-/m0/s1. The zero-order chi connectivity index (χ0) is 16.6. The molecule has 0 aliphatic heterocycles. The molecule has 0 bridgehead atoms. The predicted octanol–water partition coefficient (Wildman–Crippen LogP) is 2.79. The number of aliphatic hydroxyl groups is 2. The molecule has 0 aromatic rings. The van der Waals surface area contributed by atoms with Crippen LogP contribution in [-0.4, -0.2) is 28.2 Å². The summed E-state index contributed by atoms with van der Waals surface area (Å²) in [7, 11) is 0. The first-order valence-electron chi connectivity index (χ1n) is 8.77. The van der Waals surface area contributed by atoms with Crippen LogP contribution < -0.4 is 0 Å². The second-order valence-corrected chi connectivity index (χ2v) is 8.51. The van der Waals surface area contributed by atoms with Crippen LogP contribution in [0.4, 0.5) is 0 Å². The van der Waals surface area contributed by atoms with Gasteiger partial charge in [0.1, 0.15) is 0 Å². The molecule has 124 valence electrons. The number of carbonyl (C=O) groups excluding carboxylic acids is 1. The summed E-state index contributed by atoms with van der Waals surface area (Å²) in [5, 5.41) is 21.5. The molecule has 4 aliphatic rings. The van der Waals surface area contributed by atoms with E-state index >= 15 is 0 Å². The van der Waals surface area contributed by atoms with Gasteiger partial charge in [-0.1, -0.05) is 31.6 Å². The number of fused-ring (bicyclic) bond motifs is 5. The van der Waals surface area contributed by atoms with Crippen LogP contribution in [0.1, 0.15) is 40.0 Å². The second kappa shape index (κ2) is 4.67. The summed E-state index contributed by atoms with van der Waals surface area (Å²) < 4.78 is 0. The maximum Gasteiger partial charge on any atom is 0.178 e. The molecule has 7 atom stereocenters. The van der Waals surface area contributed by atoms with Crippen molar-refractivity contribution in [2.45, 2.75) is 52.2 Å². The fourth-order valence-electron chi connectivity index (χ4n) is 6.17. The Labute approximate surface area is 137 Å². The Kier molecular flexibility index (Phi) is 3.12. The van der Waals surface area contributed by atoms with Gasteiger partial charge in [0.15, 0.2) is 5.78 Å². The van der Waals surface area contributed by atoms with Gasteiger partial charge < -0.3 is 10.2 Å². The van der Waals surface area contributed by atoms with Crippen molar-refractivity contribution >= 4 is 5.78 Å². The lowest BCUT2D eigenvalue weighted by molar-refractivity contribution is -0.113. The third-order valence-corrected chi connectivity index (χ3v) is 7.32. The lowest BCUT2D eigenvalue weighted by atomic mass is 9.48. The van der Waals surface area contributed by atoms with Gasteiger partial charge in [-0.3, -0.25) is 4.79 Å². The summed E-state index contributed by atoms with van der Waals surface area (Å²) in [6, 6.07) is 0. The Morgan fingerprint density at radius 3 is 2.70 bits per heavy atom. The number of allylic oxidation sites excluding steroid dienone is 6. The molecule has 0 aromatic carbocycles. The molecule has 2 fully saturated rings. The minimum atomic E-state index is -0.454. The zero-order valence-electron chi connectivity index (χ0n) is 14.1. The van der Waals surface area contributed by atoms with E-state index in [1.165, 1.54) is 0 Å². The molecule has 3 nitrogen and oxygen atoms in total. The molecule has 3 heteroatoms. The molecule has 0 amide bonds. The third kappa shape index (κ3) is 1.87. The lowest BCUT2D eigenvalue weighted by Gasteiger charge is -2.57. The van der Waals surface area contributed by atoms with Crippen LogP contribution in [0.2, 0.25) is 0 Å². The number of aliphatic hydroxyl groups excluding tert-OH is 2. The van der Waals surface area contributed by atoms with Crippen LogP contribution in [0.25, 0.3) is 0 Å². The SMILES string of the molecule is CC1=C[C@@H]2[C@H]([C@@H](O)C[C@]3(C)[C@@H](O)CC[C@@H]23)[C@@]2(C)C=CC(=O)C=C12. The summed E-state index contributed by atoms with van der Waals surface area (Å²) in [6.07, 6.45) is 9.41. The van der Waals surface area contributed by atoms with Crippen molar-refractivity contribution in [3.8, 4) is 0 Å². The fourth-order valence-corrected chi connectivity index (χ4v) is 6.17. The third-order valence-electron chi connectivity index (χ3n) is 7.32. The van der Waals surface area contributed by atoms with Gasteiger partial charge in [0, 0.05) is 11.3 Å². The minimum Gasteiger partial charge on any atom is -0.393 e. The predicted molar refractivity (Wildman–Crippen MR) is 88.5 cm³/mol. The van der Waals surface area contributed by atoms with Crippen LogP contribution in [0.5, 0.6) is 0 Å². The normalized spacial score (nSPS) is 51.5. The molecule has 23 heavy (non-hydrogen) atoms. The largest absolute Gasteiger partial charge is 0.393 e. The molecular formula is C20H26O3. The Balaban J connectivity index is 1.86. The number of rotatable bonds is 0. The Bertz CT molecular complexity index is 658. The number of hydrogen-bond donors (Lipinski definition) is 2. The Morgan fingerprint density at radius 2 is 1.96 bits per heavy atom. The highest BCUT2D eigenvalue weighted by molar-refractivity contribution is 6.01. The van der Waals surface area contributed by atoms with Crippen LogP contribution in [-0.2, 0) is 4.79 Å². The van der Waals surface area contributed by atoms with E-state index in [2.05, 4.69) is 26.8 Å². The smallest absolute Gasteiger partial charge is 0.178 e. The zero-order valence-corrected chi connectivity index (χ0v) is 14.1. The van der Waals surface area contributed by atoms with E-state index in [1.54, 1.807) is 12.2 Å². The van der Waals surface area contributed by atoms with Crippen LogP contribution in [0.3, 0.4) is 0 Å². The maximum absolute atomic E-state index is 11.8. The summed E-state index contributed by atoms with van der Waals surface area (Å²) in [4.78, 5) is 11.8. The quantitative estimate of drug-likeness (QED) is 0.723. The van der Waals surface area contributed by atoms with Crippen molar-refractivity contribution in [1.29, 1.82) is 0 Å². The van der Waals surface area contributed by atoms with Gasteiger partial charge in [-0.15, -0.1) is 0 Å². The van der Waals surface area contributed by atoms with Crippen molar-refractivity contribution < 1.29 is 15.0 Å². The summed E-state index contributed by atoms with van der Waals surface area (Å²) >= 11 is 0. The van der Waals surface area contributed by atoms with E-state index < -0.39 is 6.10 Å². The van der Waals surface area contributed by atoms with E-state index in [1.807, 2.05) is 6.08 Å². The lowest BCUT2D eigenvalue weighted by Crippen LogP contribution is -2.55. The monoisotopic (exact) mass is 314 g/mol. The number of ketones is 1. The summed E-state index contributed by atoms with van der Waals surface area (Å²) in [5.74, 6) is 0.798. The first-order valence-corrected chi connectivity index (χ1v) is 8.77. The van der Waals surface area contributed by atoms with E-state index in [0.717, 1.165) is 24.0 Å². The summed E-state index contributed by atoms with van der Waals surface area (Å²) in [6.45, 7) is 6.38. The number of carbonyl (C=O) groups is 1. The molecule has 0 spiro atoms. The van der Waals surface area contributed by atoms with Crippen molar-refractivity contribution in [2.24, 2.45) is 28.6 Å². The van der Waals surface area contributed by atoms with E-state index in [-0.39, 0.29) is 34.6 Å². The van der Waals surface area contributed by atoms with Crippen LogP contribution >= 0.6 is 0 Å². The highest BCUT2D eigenvalue weighted by Crippen LogP contribution is 2.63. The van der Waals surface area contributed by atoms with Gasteiger partial charge in [-0.25, -0.2) is 0 Å². The topological polar surface area (TPSA) is 57.5 Å². The van der Waals surface area contributed by atoms with Crippen molar-refractivity contribution in [3.05, 3.63) is 35.5 Å². The molecule has 4 aliphatic carbocycles. The molecule has 2 N–H and O–H groups in total. The van der Waals surface area contributed by atoms with Gasteiger partial charge >= 0.3 is 0 Å². The highest BCUT2D eigenvalue weighted by atomic mass is 16.3. The molecule has 4 rings (SSSR count). The van der Waals surface area contributed by atoms with Gasteiger partial charge in [-0.05, 0) is 61.2 Å². The highest BCUT2D eigenvalue weighted by Gasteiger charge is 2.61. The minimum absolute atomic E-state index is 0.0371. The first kappa shape index (κ1) is 15.3. The van der Waals surface area contributed by atoms with Gasteiger partial charge in [0.2, 0.25) is 0 Å². The maximum atomic E-state index is 11.8. The molecule has 0 unspecified atom stereocenters. The van der Waals surface area contributed by atoms with Crippen molar-refractivity contribution in [2.75, 3.05) is 0 Å². The van der Waals surface area contributed by atoms with Crippen molar-refractivity contribution in [1.82, 2.24) is 0 Å². The molecule has 0 aromatic heterocycles. The fraction of sp³-hybridized carbons (Fsp3) is 0.650. The van der Waals surface area contributed by atoms with Gasteiger partial charge in [0.25, 0.3) is 0 Å². The average molecular weight is 314 g/mol. The molecule has 0 radical (unpaired) electrons. The van der Waals surface area contributed by atoms with Gasteiger partial charge in [-0.2, -0.15) is 0 Å². The van der Waals surface area contributed by atoms with Gasteiger partial charge in [0.05, 0.1) is 12.2 Å².